The lowest BCUT2D eigenvalue weighted by atomic mass is 10.0. The van der Waals surface area contributed by atoms with Gasteiger partial charge in [0.05, 0.1) is 5.92 Å². The largest absolute Gasteiger partial charge is 0.310 e. The summed E-state index contributed by atoms with van der Waals surface area (Å²) in [5.74, 6) is 3.64. The quantitative estimate of drug-likeness (QED) is 0.453. The molecule has 0 saturated heterocycles. The smallest absolute Gasteiger partial charge is 0.265 e. The van der Waals surface area contributed by atoms with Crippen molar-refractivity contribution in [3.8, 4) is 0 Å². The fourth-order valence-electron chi connectivity index (χ4n) is 1.86. The van der Waals surface area contributed by atoms with E-state index in [2.05, 4.69) is 10.3 Å². The predicted octanol–water partition coefficient (Wildman–Crippen LogP) is 1.57. The first-order valence-corrected chi connectivity index (χ1v) is 6.54. The molecular formula is C15H15FN4O2. The van der Waals surface area contributed by atoms with Gasteiger partial charge in [-0.15, -0.1) is 0 Å². The molecule has 2 aromatic rings. The summed E-state index contributed by atoms with van der Waals surface area (Å²) in [5, 5.41) is 2.61. The Kier molecular flexibility index (Phi) is 4.80. The summed E-state index contributed by atoms with van der Waals surface area (Å²) in [7, 11) is 0. The van der Waals surface area contributed by atoms with Crippen LogP contribution in [0.15, 0.2) is 42.6 Å². The number of hydrogen-bond donors (Lipinski definition) is 3. The molecule has 6 nitrogen and oxygen atoms in total. The zero-order chi connectivity index (χ0) is 16.1. The van der Waals surface area contributed by atoms with E-state index in [1.807, 2.05) is 5.43 Å². The Bertz CT molecular complexity index is 688. The third kappa shape index (κ3) is 3.64. The number of nitrogen functional groups attached to an aromatic ring is 1. The highest BCUT2D eigenvalue weighted by Crippen LogP contribution is 2.18. The Hall–Kier alpha value is -2.80. The second-order valence-electron chi connectivity index (χ2n) is 4.67. The maximum Gasteiger partial charge on any atom is 0.265 e. The van der Waals surface area contributed by atoms with Gasteiger partial charge in [-0.1, -0.05) is 12.1 Å². The van der Waals surface area contributed by atoms with Gasteiger partial charge in [-0.2, -0.15) is 0 Å². The molecular weight excluding hydrogens is 287 g/mol. The number of rotatable bonds is 4. The van der Waals surface area contributed by atoms with Crippen molar-refractivity contribution in [2.75, 3.05) is 5.32 Å². The molecule has 2 rings (SSSR count). The zero-order valence-electron chi connectivity index (χ0n) is 11.8. The van der Waals surface area contributed by atoms with Crippen LogP contribution in [0.3, 0.4) is 0 Å². The number of hydrogen-bond acceptors (Lipinski definition) is 4. The number of nitrogens with two attached hydrogens (primary N) is 1. The summed E-state index contributed by atoms with van der Waals surface area (Å²) in [4.78, 5) is 27.6. The second kappa shape index (κ2) is 6.77. The van der Waals surface area contributed by atoms with E-state index in [9.17, 15) is 14.0 Å². The standard InChI is InChI=1S/C15H15FN4O2/c1-9(10-2-4-12(16)5-3-10)14(21)19-13-8-11(6-7-18-13)15(22)20-17/h2-9H,17H2,1H3,(H,20,22)(H,18,19,21). The molecule has 0 saturated carbocycles. The number of aromatic nitrogens is 1. The van der Waals surface area contributed by atoms with Gasteiger partial charge in [0.15, 0.2) is 0 Å². The molecule has 1 atom stereocenters. The Morgan fingerprint density at radius 1 is 1.23 bits per heavy atom. The van der Waals surface area contributed by atoms with Crippen molar-refractivity contribution in [2.24, 2.45) is 5.84 Å². The van der Waals surface area contributed by atoms with Crippen LogP contribution in [-0.2, 0) is 4.79 Å². The molecule has 0 aliphatic rings. The molecule has 0 fully saturated rings. The van der Waals surface area contributed by atoms with Gasteiger partial charge in [-0.25, -0.2) is 15.2 Å². The number of anilines is 1. The number of hydrazine groups is 1. The molecule has 7 heteroatoms. The number of nitrogens with one attached hydrogen (secondary N) is 2. The van der Waals surface area contributed by atoms with Gasteiger partial charge >= 0.3 is 0 Å². The van der Waals surface area contributed by atoms with Crippen LogP contribution < -0.4 is 16.6 Å². The highest BCUT2D eigenvalue weighted by molar-refractivity contribution is 5.97. The molecule has 0 bridgehead atoms. The number of carbonyl (C=O) groups excluding carboxylic acids is 2. The minimum absolute atomic E-state index is 0.236. The molecule has 0 aliphatic heterocycles. The first-order chi connectivity index (χ1) is 10.5. The fraction of sp³-hybridized carbons (Fsp3) is 0.133. The van der Waals surface area contributed by atoms with E-state index in [0.717, 1.165) is 0 Å². The normalized spacial score (nSPS) is 11.6. The summed E-state index contributed by atoms with van der Waals surface area (Å²) in [6.45, 7) is 1.69. The highest BCUT2D eigenvalue weighted by Gasteiger charge is 2.16. The Morgan fingerprint density at radius 2 is 1.91 bits per heavy atom. The maximum absolute atomic E-state index is 12.9. The van der Waals surface area contributed by atoms with Crippen molar-refractivity contribution in [2.45, 2.75) is 12.8 Å². The van der Waals surface area contributed by atoms with Crippen LogP contribution in [0.4, 0.5) is 10.2 Å². The first kappa shape index (κ1) is 15.6. The molecule has 1 aromatic carbocycles. The third-order valence-electron chi connectivity index (χ3n) is 3.17. The third-order valence-corrected chi connectivity index (χ3v) is 3.17. The Morgan fingerprint density at radius 3 is 2.55 bits per heavy atom. The van der Waals surface area contributed by atoms with E-state index in [4.69, 9.17) is 5.84 Å². The van der Waals surface area contributed by atoms with Crippen molar-refractivity contribution in [1.82, 2.24) is 10.4 Å². The Labute approximate surface area is 126 Å². The molecule has 0 spiro atoms. The molecule has 1 heterocycles. The monoisotopic (exact) mass is 302 g/mol. The number of carbonyl (C=O) groups is 2. The highest BCUT2D eigenvalue weighted by atomic mass is 19.1. The lowest BCUT2D eigenvalue weighted by molar-refractivity contribution is -0.117. The van der Waals surface area contributed by atoms with E-state index >= 15 is 0 Å². The van der Waals surface area contributed by atoms with Crippen LogP contribution in [0.1, 0.15) is 28.8 Å². The van der Waals surface area contributed by atoms with Crippen LogP contribution in [0.5, 0.6) is 0 Å². The van der Waals surface area contributed by atoms with E-state index in [0.29, 0.717) is 5.56 Å². The van der Waals surface area contributed by atoms with Crippen LogP contribution >= 0.6 is 0 Å². The summed E-state index contributed by atoms with van der Waals surface area (Å²) in [5.41, 5.74) is 2.96. The minimum Gasteiger partial charge on any atom is -0.310 e. The van der Waals surface area contributed by atoms with Gasteiger partial charge in [0, 0.05) is 11.8 Å². The molecule has 2 amide bonds. The zero-order valence-corrected chi connectivity index (χ0v) is 11.8. The van der Waals surface area contributed by atoms with Crippen molar-refractivity contribution >= 4 is 17.6 Å². The van der Waals surface area contributed by atoms with E-state index in [1.54, 1.807) is 19.1 Å². The number of nitrogens with zero attached hydrogens (tertiary/aromatic N) is 1. The summed E-state index contributed by atoms with van der Waals surface area (Å²) < 4.78 is 12.9. The molecule has 1 unspecified atom stereocenters. The lowest BCUT2D eigenvalue weighted by Gasteiger charge is -2.12. The van der Waals surface area contributed by atoms with Crippen molar-refractivity contribution in [1.29, 1.82) is 0 Å². The number of benzene rings is 1. The minimum atomic E-state index is -0.491. The van der Waals surface area contributed by atoms with Crippen molar-refractivity contribution in [3.05, 3.63) is 59.5 Å². The summed E-state index contributed by atoms with van der Waals surface area (Å²) in [6, 6.07) is 8.57. The van der Waals surface area contributed by atoms with Gasteiger partial charge < -0.3 is 5.32 Å². The summed E-state index contributed by atoms with van der Waals surface area (Å²) >= 11 is 0. The summed E-state index contributed by atoms with van der Waals surface area (Å²) in [6.07, 6.45) is 1.39. The fourth-order valence-corrected chi connectivity index (χ4v) is 1.86. The molecule has 114 valence electrons. The van der Waals surface area contributed by atoms with Crippen molar-refractivity contribution in [3.63, 3.8) is 0 Å². The number of halogens is 1. The Balaban J connectivity index is 2.11. The van der Waals surface area contributed by atoms with Gasteiger partial charge in [-0.05, 0) is 36.8 Å². The van der Waals surface area contributed by atoms with Gasteiger partial charge in [-0.3, -0.25) is 15.0 Å². The molecule has 22 heavy (non-hydrogen) atoms. The number of pyridine rings is 1. The number of amides is 2. The van der Waals surface area contributed by atoms with Crippen LogP contribution in [-0.4, -0.2) is 16.8 Å². The van der Waals surface area contributed by atoms with Gasteiger partial charge in [0.1, 0.15) is 11.6 Å². The molecule has 1 aromatic heterocycles. The molecule has 0 radical (unpaired) electrons. The van der Waals surface area contributed by atoms with Crippen molar-refractivity contribution < 1.29 is 14.0 Å². The average Bonchev–Trinajstić information content (AvgIpc) is 2.54. The topological polar surface area (TPSA) is 97.1 Å². The predicted molar refractivity (Wildman–Crippen MR) is 79.3 cm³/mol. The second-order valence-corrected chi connectivity index (χ2v) is 4.67. The SMILES string of the molecule is CC(C(=O)Nc1cc(C(=O)NN)ccn1)c1ccc(F)cc1. The maximum atomic E-state index is 12.9. The first-order valence-electron chi connectivity index (χ1n) is 6.54. The molecule has 0 aliphatic carbocycles. The van der Waals surface area contributed by atoms with E-state index < -0.39 is 11.8 Å². The van der Waals surface area contributed by atoms with E-state index in [1.165, 1.54) is 30.5 Å². The molecule has 4 N–H and O–H groups in total. The average molecular weight is 302 g/mol. The van der Waals surface area contributed by atoms with Gasteiger partial charge in [0.25, 0.3) is 5.91 Å². The van der Waals surface area contributed by atoms with Crippen LogP contribution in [0.2, 0.25) is 0 Å². The lowest BCUT2D eigenvalue weighted by Crippen LogP contribution is -2.30. The van der Waals surface area contributed by atoms with Crippen LogP contribution in [0.25, 0.3) is 0 Å². The van der Waals surface area contributed by atoms with Crippen LogP contribution in [0, 0.1) is 5.82 Å². The van der Waals surface area contributed by atoms with E-state index in [-0.39, 0.29) is 23.1 Å². The van der Waals surface area contributed by atoms with Gasteiger partial charge in [0.2, 0.25) is 5.91 Å².